The molecule has 0 saturated carbocycles. The predicted molar refractivity (Wildman–Crippen MR) is 127 cm³/mol. The van der Waals surface area contributed by atoms with E-state index in [1.807, 2.05) is 14.0 Å². The molecule has 0 amide bonds. The summed E-state index contributed by atoms with van der Waals surface area (Å²) < 4.78 is 11.8. The van der Waals surface area contributed by atoms with Crippen LogP contribution < -0.4 is 20.1 Å². The second-order valence-electron chi connectivity index (χ2n) is 7.93. The third-order valence-corrected chi connectivity index (χ3v) is 5.95. The van der Waals surface area contributed by atoms with E-state index in [1.54, 1.807) is 0 Å². The van der Waals surface area contributed by atoms with Crippen LogP contribution in [-0.2, 0) is 13.0 Å². The Labute approximate surface area is 191 Å². The van der Waals surface area contributed by atoms with Crippen molar-refractivity contribution < 1.29 is 9.47 Å². The highest BCUT2D eigenvalue weighted by Gasteiger charge is 2.31. The Morgan fingerprint density at radius 3 is 2.69 bits per heavy atom. The number of fused-ring (bicyclic) bond motifs is 4. The number of piperazine rings is 3. The molecule has 1 aromatic carbocycles. The average molecular weight is 515 g/mol. The average Bonchev–Trinajstić information content (AvgIpc) is 3.08. The van der Waals surface area contributed by atoms with Crippen molar-refractivity contribution in [2.24, 2.45) is 4.99 Å². The first-order valence-electron chi connectivity index (χ1n) is 10.5. The topological polar surface area (TPSA) is 61.4 Å². The summed E-state index contributed by atoms with van der Waals surface area (Å²) in [6.07, 6.45) is 1.18. The van der Waals surface area contributed by atoms with Crippen molar-refractivity contribution in [1.82, 2.24) is 20.4 Å². The van der Waals surface area contributed by atoms with Gasteiger partial charge in [0.1, 0.15) is 17.6 Å². The number of guanidine groups is 1. The number of halogens is 1. The highest BCUT2D eigenvalue weighted by atomic mass is 127. The van der Waals surface area contributed by atoms with Gasteiger partial charge in [-0.3, -0.25) is 14.8 Å². The summed E-state index contributed by atoms with van der Waals surface area (Å²) in [7, 11) is 1.82. The van der Waals surface area contributed by atoms with Gasteiger partial charge in [-0.2, -0.15) is 0 Å². The summed E-state index contributed by atoms with van der Waals surface area (Å²) >= 11 is 0. The van der Waals surface area contributed by atoms with Gasteiger partial charge in [0.15, 0.2) is 5.96 Å². The third kappa shape index (κ3) is 5.27. The van der Waals surface area contributed by atoms with E-state index in [0.717, 1.165) is 42.5 Å². The van der Waals surface area contributed by atoms with Crippen molar-refractivity contribution in [3.05, 3.63) is 23.3 Å². The summed E-state index contributed by atoms with van der Waals surface area (Å²) in [4.78, 5) is 9.55. The monoisotopic (exact) mass is 515 g/mol. The lowest BCUT2D eigenvalue weighted by Crippen LogP contribution is -2.63. The molecule has 0 aromatic heterocycles. The van der Waals surface area contributed by atoms with Crippen LogP contribution in [0.15, 0.2) is 17.1 Å². The molecule has 3 saturated heterocycles. The van der Waals surface area contributed by atoms with E-state index in [2.05, 4.69) is 44.5 Å². The maximum Gasteiger partial charge on any atom is 0.191 e. The zero-order valence-electron chi connectivity index (χ0n) is 17.7. The SMILES string of the molecule is CCOc1cc2c(cc1CNC(=NC)NCC1CN3CCN1CC3)OC(C)C2.I. The van der Waals surface area contributed by atoms with E-state index in [1.165, 1.54) is 31.7 Å². The molecule has 5 rings (SSSR count). The Morgan fingerprint density at radius 2 is 2.03 bits per heavy atom. The molecule has 4 aliphatic heterocycles. The zero-order chi connectivity index (χ0) is 19.5. The molecule has 0 radical (unpaired) electrons. The number of nitrogens with zero attached hydrogens (tertiary/aromatic N) is 3. The second kappa shape index (κ2) is 10.2. The molecule has 4 heterocycles. The van der Waals surface area contributed by atoms with E-state index in [9.17, 15) is 0 Å². The van der Waals surface area contributed by atoms with Crippen LogP contribution in [0.5, 0.6) is 11.5 Å². The Morgan fingerprint density at radius 1 is 1.24 bits per heavy atom. The van der Waals surface area contributed by atoms with Crippen molar-refractivity contribution >= 4 is 29.9 Å². The van der Waals surface area contributed by atoms with Gasteiger partial charge >= 0.3 is 0 Å². The fraction of sp³-hybridized carbons (Fsp3) is 0.667. The van der Waals surface area contributed by atoms with Gasteiger partial charge in [0, 0.05) is 76.5 Å². The number of hydrogen-bond acceptors (Lipinski definition) is 5. The van der Waals surface area contributed by atoms with Gasteiger partial charge in [-0.15, -0.1) is 24.0 Å². The van der Waals surface area contributed by atoms with Crippen molar-refractivity contribution in [3.8, 4) is 11.5 Å². The quantitative estimate of drug-likeness (QED) is 0.342. The molecule has 2 bridgehead atoms. The molecule has 162 valence electrons. The molecule has 7 nitrogen and oxygen atoms in total. The molecule has 3 fully saturated rings. The van der Waals surface area contributed by atoms with Crippen molar-refractivity contribution in [3.63, 3.8) is 0 Å². The molecule has 29 heavy (non-hydrogen) atoms. The molecule has 8 heteroatoms. The van der Waals surface area contributed by atoms with Crippen LogP contribution in [0, 0.1) is 0 Å². The molecular weight excluding hydrogens is 481 g/mol. The summed E-state index contributed by atoms with van der Waals surface area (Å²) in [6, 6.07) is 4.81. The maximum atomic E-state index is 5.93. The van der Waals surface area contributed by atoms with Crippen LogP contribution >= 0.6 is 24.0 Å². The van der Waals surface area contributed by atoms with Crippen molar-refractivity contribution in [1.29, 1.82) is 0 Å². The van der Waals surface area contributed by atoms with E-state index in [4.69, 9.17) is 9.47 Å². The minimum Gasteiger partial charge on any atom is -0.494 e. The van der Waals surface area contributed by atoms with Gasteiger partial charge < -0.3 is 20.1 Å². The van der Waals surface area contributed by atoms with Crippen molar-refractivity contribution in [2.75, 3.05) is 52.9 Å². The van der Waals surface area contributed by atoms with Crippen LogP contribution in [0.1, 0.15) is 25.0 Å². The Kier molecular flexibility index (Phi) is 7.86. The van der Waals surface area contributed by atoms with Gasteiger partial charge in [0.2, 0.25) is 0 Å². The van der Waals surface area contributed by atoms with Gasteiger partial charge in [0.25, 0.3) is 0 Å². The van der Waals surface area contributed by atoms with E-state index < -0.39 is 0 Å². The molecule has 4 aliphatic rings. The molecule has 2 atom stereocenters. The van der Waals surface area contributed by atoms with Crippen molar-refractivity contribution in [2.45, 2.75) is 39.0 Å². The summed E-state index contributed by atoms with van der Waals surface area (Å²) in [6.45, 7) is 12.3. The number of rotatable bonds is 6. The van der Waals surface area contributed by atoms with Crippen LogP contribution in [0.2, 0.25) is 0 Å². The van der Waals surface area contributed by atoms with Crippen LogP contribution in [-0.4, -0.2) is 80.8 Å². The van der Waals surface area contributed by atoms with Crippen LogP contribution in [0.3, 0.4) is 0 Å². The summed E-state index contributed by atoms with van der Waals surface area (Å²) in [5, 5.41) is 6.95. The van der Waals surface area contributed by atoms with Gasteiger partial charge in [-0.1, -0.05) is 0 Å². The Bertz CT molecular complexity index is 721. The number of aliphatic imine (C=N–C) groups is 1. The first kappa shape index (κ1) is 22.4. The molecule has 2 unspecified atom stereocenters. The molecule has 0 spiro atoms. The number of hydrogen-bond donors (Lipinski definition) is 2. The highest BCUT2D eigenvalue weighted by molar-refractivity contribution is 14.0. The lowest BCUT2D eigenvalue weighted by Gasteiger charge is -2.47. The normalized spacial score (nSPS) is 27.6. The van der Waals surface area contributed by atoms with Crippen LogP contribution in [0.25, 0.3) is 0 Å². The molecule has 0 aliphatic carbocycles. The summed E-state index contributed by atoms with van der Waals surface area (Å²) in [5.74, 6) is 2.75. The largest absolute Gasteiger partial charge is 0.494 e. The lowest BCUT2D eigenvalue weighted by atomic mass is 10.1. The van der Waals surface area contributed by atoms with Gasteiger partial charge in [-0.25, -0.2) is 0 Å². The van der Waals surface area contributed by atoms with Gasteiger partial charge in [-0.05, 0) is 26.0 Å². The number of benzene rings is 1. The van der Waals surface area contributed by atoms with E-state index >= 15 is 0 Å². The Hall–Kier alpha value is -1.26. The maximum absolute atomic E-state index is 5.93. The minimum absolute atomic E-state index is 0. The molecule has 1 aromatic rings. The molecular formula is C21H34IN5O2. The first-order valence-corrected chi connectivity index (χ1v) is 10.5. The number of nitrogens with one attached hydrogen (secondary N) is 2. The van der Waals surface area contributed by atoms with E-state index in [0.29, 0.717) is 19.2 Å². The summed E-state index contributed by atoms with van der Waals surface area (Å²) in [5.41, 5.74) is 2.34. The first-order chi connectivity index (χ1) is 13.7. The third-order valence-electron chi connectivity index (χ3n) is 5.95. The molecule has 2 N–H and O–H groups in total. The second-order valence-corrected chi connectivity index (χ2v) is 7.93. The fourth-order valence-corrected chi connectivity index (χ4v) is 4.44. The zero-order valence-corrected chi connectivity index (χ0v) is 20.1. The minimum atomic E-state index is 0. The lowest BCUT2D eigenvalue weighted by molar-refractivity contribution is 0.0154. The standard InChI is InChI=1S/C21H33N5O2.HI/c1-4-27-19-10-16-9-15(2)28-20(16)11-17(19)12-23-21(22-3)24-13-18-14-25-5-7-26(18)8-6-25;/h10-11,15,18H,4-9,12-14H2,1-3H3,(H2,22,23,24);1H. The Balaban J connectivity index is 0.00000240. The van der Waals surface area contributed by atoms with Crippen LogP contribution in [0.4, 0.5) is 0 Å². The predicted octanol–water partition coefficient (Wildman–Crippen LogP) is 1.69. The van der Waals surface area contributed by atoms with Gasteiger partial charge in [0.05, 0.1) is 6.61 Å². The number of ether oxygens (including phenoxy) is 2. The smallest absolute Gasteiger partial charge is 0.191 e. The highest BCUT2D eigenvalue weighted by Crippen LogP contribution is 2.35. The fourth-order valence-electron chi connectivity index (χ4n) is 4.44. The van der Waals surface area contributed by atoms with E-state index in [-0.39, 0.29) is 30.1 Å².